The van der Waals surface area contributed by atoms with Gasteiger partial charge in [-0.05, 0) is 44.2 Å². The molecule has 0 radical (unpaired) electrons. The van der Waals surface area contributed by atoms with Crippen LogP contribution < -0.4 is 5.32 Å². The molecule has 1 heterocycles. The number of rotatable bonds is 6. The number of nitrogens with one attached hydrogen (secondary N) is 1. The van der Waals surface area contributed by atoms with Gasteiger partial charge in [-0.1, -0.05) is 42.5 Å². The first-order valence-electron chi connectivity index (χ1n) is 10.7. The highest BCUT2D eigenvalue weighted by molar-refractivity contribution is 5.85. The van der Waals surface area contributed by atoms with E-state index in [1.54, 1.807) is 0 Å². The number of carbonyl (C=O) groups is 2. The van der Waals surface area contributed by atoms with E-state index in [2.05, 4.69) is 51.5 Å². The van der Waals surface area contributed by atoms with Crippen LogP contribution in [0.1, 0.15) is 26.3 Å². The molecule has 6 heteroatoms. The Morgan fingerprint density at radius 2 is 1.67 bits per heavy atom. The van der Waals surface area contributed by atoms with E-state index in [1.807, 2.05) is 38.8 Å². The van der Waals surface area contributed by atoms with Crippen LogP contribution in [-0.4, -0.2) is 78.4 Å². The third-order valence-corrected chi connectivity index (χ3v) is 5.33. The standard InChI is InChI=1S/C24H34N4O2/c1-24(2,3)25-22(29)17-27-12-14-28(15-13-27)23(30)18-26(4)16-20-10-7-9-19-8-5-6-11-21(19)20/h5-11H,12-18H2,1-4H3,(H,25,29). The molecule has 0 spiro atoms. The zero-order valence-electron chi connectivity index (χ0n) is 18.6. The monoisotopic (exact) mass is 410 g/mol. The summed E-state index contributed by atoms with van der Waals surface area (Å²) in [5.41, 5.74) is 1.02. The van der Waals surface area contributed by atoms with Crippen LogP contribution in [0.15, 0.2) is 42.5 Å². The quantitative estimate of drug-likeness (QED) is 0.794. The van der Waals surface area contributed by atoms with Gasteiger partial charge < -0.3 is 10.2 Å². The van der Waals surface area contributed by atoms with E-state index < -0.39 is 0 Å². The molecule has 1 fully saturated rings. The molecule has 1 saturated heterocycles. The molecule has 2 aromatic rings. The molecule has 162 valence electrons. The summed E-state index contributed by atoms with van der Waals surface area (Å²) in [5, 5.41) is 5.46. The lowest BCUT2D eigenvalue weighted by Crippen LogP contribution is -2.54. The van der Waals surface area contributed by atoms with Gasteiger partial charge in [0.05, 0.1) is 13.1 Å². The van der Waals surface area contributed by atoms with Crippen molar-refractivity contribution in [1.82, 2.24) is 20.0 Å². The minimum absolute atomic E-state index is 0.0390. The Balaban J connectivity index is 1.47. The Bertz CT molecular complexity index is 877. The summed E-state index contributed by atoms with van der Waals surface area (Å²) in [6, 6.07) is 14.7. The van der Waals surface area contributed by atoms with Crippen LogP contribution in [0.3, 0.4) is 0 Å². The molecule has 1 aliphatic rings. The van der Waals surface area contributed by atoms with Gasteiger partial charge in [-0.15, -0.1) is 0 Å². The summed E-state index contributed by atoms with van der Waals surface area (Å²) >= 11 is 0. The number of hydrogen-bond acceptors (Lipinski definition) is 4. The first-order chi connectivity index (χ1) is 14.2. The van der Waals surface area contributed by atoms with Crippen LogP contribution in [0.25, 0.3) is 10.8 Å². The molecular formula is C24H34N4O2. The first-order valence-corrected chi connectivity index (χ1v) is 10.7. The summed E-state index contributed by atoms with van der Waals surface area (Å²) in [7, 11) is 1.99. The van der Waals surface area contributed by atoms with E-state index >= 15 is 0 Å². The molecule has 0 atom stereocenters. The highest BCUT2D eigenvalue weighted by atomic mass is 16.2. The number of benzene rings is 2. The summed E-state index contributed by atoms with van der Waals surface area (Å²) in [4.78, 5) is 31.0. The SMILES string of the molecule is CN(CC(=O)N1CCN(CC(=O)NC(C)(C)C)CC1)Cc1cccc2ccccc12. The third-order valence-electron chi connectivity index (χ3n) is 5.33. The maximum Gasteiger partial charge on any atom is 0.236 e. The molecule has 6 nitrogen and oxygen atoms in total. The molecule has 0 aliphatic carbocycles. The van der Waals surface area contributed by atoms with Crippen molar-refractivity contribution in [2.75, 3.05) is 46.3 Å². The van der Waals surface area contributed by atoms with Crippen LogP contribution in [0.4, 0.5) is 0 Å². The molecule has 0 saturated carbocycles. The molecule has 3 rings (SSSR count). The van der Waals surface area contributed by atoms with Crippen molar-refractivity contribution >= 4 is 22.6 Å². The predicted octanol–water partition coefficient (Wildman–Crippen LogP) is 2.33. The van der Waals surface area contributed by atoms with Crippen molar-refractivity contribution < 1.29 is 9.59 Å². The summed E-state index contributed by atoms with van der Waals surface area (Å²) in [6.07, 6.45) is 0. The van der Waals surface area contributed by atoms with Gasteiger partial charge in [0, 0.05) is 38.3 Å². The maximum absolute atomic E-state index is 12.8. The van der Waals surface area contributed by atoms with Gasteiger partial charge in [0.25, 0.3) is 0 Å². The fourth-order valence-corrected chi connectivity index (χ4v) is 3.92. The summed E-state index contributed by atoms with van der Waals surface area (Å²) in [6.45, 7) is 10.3. The van der Waals surface area contributed by atoms with Crippen LogP contribution in [0.2, 0.25) is 0 Å². The highest BCUT2D eigenvalue weighted by Gasteiger charge is 2.24. The lowest BCUT2D eigenvalue weighted by molar-refractivity contribution is -0.134. The number of hydrogen-bond donors (Lipinski definition) is 1. The molecule has 2 aromatic carbocycles. The number of amides is 2. The van der Waals surface area contributed by atoms with E-state index in [0.717, 1.165) is 19.6 Å². The highest BCUT2D eigenvalue weighted by Crippen LogP contribution is 2.19. The van der Waals surface area contributed by atoms with Gasteiger partial charge in [-0.2, -0.15) is 0 Å². The minimum atomic E-state index is -0.219. The summed E-state index contributed by atoms with van der Waals surface area (Å²) in [5.74, 6) is 0.189. The lowest BCUT2D eigenvalue weighted by atomic mass is 10.0. The van der Waals surface area contributed by atoms with Crippen LogP contribution in [-0.2, 0) is 16.1 Å². The van der Waals surface area contributed by atoms with Gasteiger partial charge in [0.15, 0.2) is 0 Å². The van der Waals surface area contributed by atoms with Crippen molar-refractivity contribution in [1.29, 1.82) is 0 Å². The number of carbonyl (C=O) groups excluding carboxylic acids is 2. The maximum atomic E-state index is 12.8. The fraction of sp³-hybridized carbons (Fsp3) is 0.500. The second-order valence-corrected chi connectivity index (χ2v) is 9.27. The molecule has 1 N–H and O–H groups in total. The molecule has 0 bridgehead atoms. The Hall–Kier alpha value is -2.44. The van der Waals surface area contributed by atoms with E-state index in [0.29, 0.717) is 26.2 Å². The second kappa shape index (κ2) is 9.58. The van der Waals surface area contributed by atoms with E-state index in [1.165, 1.54) is 16.3 Å². The molecule has 0 unspecified atom stereocenters. The lowest BCUT2D eigenvalue weighted by Gasteiger charge is -2.35. The van der Waals surface area contributed by atoms with Crippen LogP contribution in [0, 0.1) is 0 Å². The number of likely N-dealkylation sites (N-methyl/N-ethyl adjacent to an activating group) is 1. The number of nitrogens with zero attached hydrogens (tertiary/aromatic N) is 3. The zero-order chi connectivity index (χ0) is 21.7. The van der Waals surface area contributed by atoms with E-state index in [4.69, 9.17) is 0 Å². The van der Waals surface area contributed by atoms with Gasteiger partial charge in [-0.25, -0.2) is 0 Å². The zero-order valence-corrected chi connectivity index (χ0v) is 18.6. The van der Waals surface area contributed by atoms with Crippen molar-refractivity contribution in [3.8, 4) is 0 Å². The van der Waals surface area contributed by atoms with Gasteiger partial charge in [-0.3, -0.25) is 19.4 Å². The molecule has 0 aromatic heterocycles. The average molecular weight is 411 g/mol. The van der Waals surface area contributed by atoms with Crippen LogP contribution in [0.5, 0.6) is 0 Å². The van der Waals surface area contributed by atoms with E-state index in [-0.39, 0.29) is 17.4 Å². The average Bonchev–Trinajstić information content (AvgIpc) is 2.67. The minimum Gasteiger partial charge on any atom is -0.350 e. The van der Waals surface area contributed by atoms with Crippen molar-refractivity contribution in [3.05, 3.63) is 48.0 Å². The second-order valence-electron chi connectivity index (χ2n) is 9.27. The summed E-state index contributed by atoms with van der Waals surface area (Å²) < 4.78 is 0. The molecule has 30 heavy (non-hydrogen) atoms. The molecule has 1 aliphatic heterocycles. The topological polar surface area (TPSA) is 55.9 Å². The van der Waals surface area contributed by atoms with Crippen molar-refractivity contribution in [2.24, 2.45) is 0 Å². The number of piperazine rings is 1. The normalized spacial score (nSPS) is 15.6. The van der Waals surface area contributed by atoms with Gasteiger partial charge in [0.2, 0.25) is 11.8 Å². The third kappa shape index (κ3) is 6.28. The number of fused-ring (bicyclic) bond motifs is 1. The Morgan fingerprint density at radius 3 is 2.37 bits per heavy atom. The van der Waals surface area contributed by atoms with Crippen LogP contribution >= 0.6 is 0 Å². The fourth-order valence-electron chi connectivity index (χ4n) is 3.92. The van der Waals surface area contributed by atoms with Crippen molar-refractivity contribution in [3.63, 3.8) is 0 Å². The Labute approximate surface area is 179 Å². The van der Waals surface area contributed by atoms with Gasteiger partial charge >= 0.3 is 0 Å². The predicted molar refractivity (Wildman–Crippen MR) is 121 cm³/mol. The molecular weight excluding hydrogens is 376 g/mol. The van der Waals surface area contributed by atoms with Gasteiger partial charge in [0.1, 0.15) is 0 Å². The van der Waals surface area contributed by atoms with E-state index in [9.17, 15) is 9.59 Å². The largest absolute Gasteiger partial charge is 0.350 e. The smallest absolute Gasteiger partial charge is 0.236 e. The Morgan fingerprint density at radius 1 is 1.00 bits per heavy atom. The molecule has 2 amide bonds. The first kappa shape index (κ1) is 22.2. The Kier molecular flexibility index (Phi) is 7.10. The van der Waals surface area contributed by atoms with Crippen molar-refractivity contribution in [2.45, 2.75) is 32.9 Å².